The van der Waals surface area contributed by atoms with Crippen LogP contribution in [0.15, 0.2) is 47.4 Å². The zero-order valence-electron chi connectivity index (χ0n) is 12.2. The first-order valence-electron chi connectivity index (χ1n) is 6.61. The average Bonchev–Trinajstić information content (AvgIpc) is 2.51. The van der Waals surface area contributed by atoms with Gasteiger partial charge in [0.15, 0.2) is 0 Å². The van der Waals surface area contributed by atoms with Crippen molar-refractivity contribution in [1.29, 1.82) is 0 Å². The average molecular weight is 395 g/mol. The van der Waals surface area contributed by atoms with Gasteiger partial charge in [-0.05, 0) is 30.3 Å². The van der Waals surface area contributed by atoms with Crippen LogP contribution in [-0.4, -0.2) is 32.9 Å². The number of hydrogen-bond acceptors (Lipinski definition) is 3. The summed E-state index contributed by atoms with van der Waals surface area (Å²) in [5.74, 6) is 0.501. The summed E-state index contributed by atoms with van der Waals surface area (Å²) >= 11 is 17.8. The maximum Gasteiger partial charge on any atom is 0.244 e. The highest BCUT2D eigenvalue weighted by Crippen LogP contribution is 2.27. The largest absolute Gasteiger partial charge is 0.491 e. The Balaban J connectivity index is 2.06. The molecule has 0 aliphatic heterocycles. The summed E-state index contributed by atoms with van der Waals surface area (Å²) in [4.78, 5) is -0.0353. The number of nitrogens with zero attached hydrogens (tertiary/aromatic N) is 1. The smallest absolute Gasteiger partial charge is 0.244 e. The van der Waals surface area contributed by atoms with Gasteiger partial charge in [0, 0.05) is 18.6 Å². The van der Waals surface area contributed by atoms with E-state index in [9.17, 15) is 8.42 Å². The lowest BCUT2D eigenvalue weighted by Gasteiger charge is -2.18. The second kappa shape index (κ2) is 7.73. The van der Waals surface area contributed by atoms with Crippen LogP contribution < -0.4 is 4.74 Å². The van der Waals surface area contributed by atoms with Crippen LogP contribution >= 0.6 is 34.8 Å². The Hall–Kier alpha value is -0.980. The molecule has 2 aromatic rings. The molecule has 0 saturated heterocycles. The van der Waals surface area contributed by atoms with Crippen LogP contribution in [0.5, 0.6) is 5.75 Å². The molecule has 0 aliphatic carbocycles. The van der Waals surface area contributed by atoms with E-state index in [1.165, 1.54) is 25.2 Å². The van der Waals surface area contributed by atoms with Crippen molar-refractivity contribution < 1.29 is 13.2 Å². The normalized spacial score (nSPS) is 11.7. The van der Waals surface area contributed by atoms with Crippen molar-refractivity contribution >= 4 is 44.8 Å². The third-order valence-corrected chi connectivity index (χ3v) is 5.97. The fourth-order valence-electron chi connectivity index (χ4n) is 1.81. The van der Waals surface area contributed by atoms with Crippen LogP contribution in [-0.2, 0) is 10.0 Å². The van der Waals surface area contributed by atoms with Crippen molar-refractivity contribution in [3.05, 3.63) is 57.5 Å². The van der Waals surface area contributed by atoms with Gasteiger partial charge in [0.05, 0.1) is 10.0 Å². The molecule has 0 aliphatic rings. The monoisotopic (exact) mass is 393 g/mol. The van der Waals surface area contributed by atoms with E-state index in [-0.39, 0.29) is 23.1 Å². The maximum absolute atomic E-state index is 12.5. The quantitative estimate of drug-likeness (QED) is 0.732. The second-order valence-corrected chi connectivity index (χ2v) is 7.94. The van der Waals surface area contributed by atoms with Crippen molar-refractivity contribution in [2.75, 3.05) is 20.2 Å². The Morgan fingerprint density at radius 3 is 2.43 bits per heavy atom. The molecule has 0 atom stereocenters. The summed E-state index contributed by atoms with van der Waals surface area (Å²) in [5, 5.41) is 0.887. The van der Waals surface area contributed by atoms with Crippen molar-refractivity contribution in [2.45, 2.75) is 4.90 Å². The molecular formula is C15H14Cl3NO3S. The Morgan fingerprint density at radius 1 is 1.04 bits per heavy atom. The van der Waals surface area contributed by atoms with Gasteiger partial charge in [-0.15, -0.1) is 0 Å². The molecule has 4 nitrogen and oxygen atoms in total. The van der Waals surface area contributed by atoms with Crippen molar-refractivity contribution in [3.63, 3.8) is 0 Å². The number of rotatable bonds is 6. The Bertz CT molecular complexity index is 796. The summed E-state index contributed by atoms with van der Waals surface area (Å²) in [6, 6.07) is 11.3. The number of halogens is 3. The van der Waals surface area contributed by atoms with Gasteiger partial charge in [-0.2, -0.15) is 4.31 Å². The number of benzene rings is 2. The molecule has 0 radical (unpaired) electrons. The topological polar surface area (TPSA) is 46.6 Å². The molecule has 0 saturated carbocycles. The van der Waals surface area contributed by atoms with Crippen LogP contribution in [0.25, 0.3) is 0 Å². The van der Waals surface area contributed by atoms with Crippen molar-refractivity contribution in [3.8, 4) is 5.75 Å². The maximum atomic E-state index is 12.5. The van der Waals surface area contributed by atoms with E-state index < -0.39 is 10.0 Å². The van der Waals surface area contributed by atoms with E-state index >= 15 is 0 Å². The van der Waals surface area contributed by atoms with Gasteiger partial charge < -0.3 is 4.74 Å². The minimum Gasteiger partial charge on any atom is -0.491 e. The van der Waals surface area contributed by atoms with E-state index in [1.807, 2.05) is 0 Å². The molecule has 0 bridgehead atoms. The van der Waals surface area contributed by atoms with Crippen molar-refractivity contribution in [1.82, 2.24) is 4.31 Å². The number of sulfonamides is 1. The first-order valence-corrected chi connectivity index (χ1v) is 9.18. The van der Waals surface area contributed by atoms with Gasteiger partial charge >= 0.3 is 0 Å². The highest BCUT2D eigenvalue weighted by molar-refractivity contribution is 7.89. The zero-order valence-corrected chi connectivity index (χ0v) is 15.3. The molecule has 0 N–H and O–H groups in total. The Morgan fingerprint density at radius 2 is 1.74 bits per heavy atom. The SMILES string of the molecule is CN(CCOc1ccccc1Cl)S(=O)(=O)c1cc(Cl)ccc1Cl. The molecule has 0 heterocycles. The Kier molecular flexibility index (Phi) is 6.17. The fraction of sp³-hybridized carbons (Fsp3) is 0.200. The zero-order chi connectivity index (χ0) is 17.0. The van der Waals surface area contributed by atoms with Gasteiger partial charge in [0.2, 0.25) is 10.0 Å². The second-order valence-electron chi connectivity index (χ2n) is 4.68. The summed E-state index contributed by atoms with van der Waals surface area (Å²) in [6.07, 6.45) is 0. The van der Waals surface area contributed by atoms with Crippen LogP contribution in [0.2, 0.25) is 15.1 Å². The van der Waals surface area contributed by atoms with E-state index in [4.69, 9.17) is 39.5 Å². The lowest BCUT2D eigenvalue weighted by Crippen LogP contribution is -2.31. The minimum absolute atomic E-state index is 0.0353. The predicted octanol–water partition coefficient (Wildman–Crippen LogP) is 4.35. The molecule has 124 valence electrons. The summed E-state index contributed by atoms with van der Waals surface area (Å²) in [7, 11) is -2.31. The van der Waals surface area contributed by atoms with E-state index in [1.54, 1.807) is 24.3 Å². The first-order chi connectivity index (χ1) is 10.8. The predicted molar refractivity (Wildman–Crippen MR) is 93.2 cm³/mol. The van der Waals surface area contributed by atoms with Gasteiger partial charge in [-0.3, -0.25) is 0 Å². The molecule has 0 fully saturated rings. The summed E-state index contributed by atoms with van der Waals surface area (Å²) < 4.78 is 31.7. The number of likely N-dealkylation sites (N-methyl/N-ethyl adjacent to an activating group) is 1. The molecule has 0 amide bonds. The molecule has 0 unspecified atom stereocenters. The van der Waals surface area contributed by atoms with Crippen LogP contribution in [0.3, 0.4) is 0 Å². The van der Waals surface area contributed by atoms with Crippen molar-refractivity contribution in [2.24, 2.45) is 0 Å². The molecule has 2 rings (SSSR count). The lowest BCUT2D eigenvalue weighted by atomic mass is 10.3. The Labute approximate surface area is 150 Å². The van der Waals surface area contributed by atoms with E-state index in [0.717, 1.165) is 4.31 Å². The highest BCUT2D eigenvalue weighted by atomic mass is 35.5. The molecule has 0 spiro atoms. The van der Waals surface area contributed by atoms with Crippen LogP contribution in [0, 0.1) is 0 Å². The molecule has 2 aromatic carbocycles. The van der Waals surface area contributed by atoms with E-state index in [0.29, 0.717) is 15.8 Å². The standard InChI is InChI=1S/C15H14Cl3NO3S/c1-19(8-9-22-14-5-3-2-4-12(14)17)23(20,21)15-10-11(16)6-7-13(15)18/h2-7,10H,8-9H2,1H3. The number of ether oxygens (including phenoxy) is 1. The van der Waals surface area contributed by atoms with Gasteiger partial charge in [0.25, 0.3) is 0 Å². The van der Waals surface area contributed by atoms with Crippen LogP contribution in [0.4, 0.5) is 0 Å². The third kappa shape index (κ3) is 4.52. The molecule has 23 heavy (non-hydrogen) atoms. The van der Waals surface area contributed by atoms with Gasteiger partial charge in [-0.25, -0.2) is 8.42 Å². The van der Waals surface area contributed by atoms with Gasteiger partial charge in [0.1, 0.15) is 17.3 Å². The number of hydrogen-bond donors (Lipinski definition) is 0. The summed E-state index contributed by atoms with van der Waals surface area (Å²) in [5.41, 5.74) is 0. The fourth-order valence-corrected chi connectivity index (χ4v) is 3.89. The molecule has 8 heteroatoms. The highest BCUT2D eigenvalue weighted by Gasteiger charge is 2.23. The number of para-hydroxylation sites is 1. The first kappa shape index (κ1) is 18.4. The van der Waals surface area contributed by atoms with Gasteiger partial charge in [-0.1, -0.05) is 46.9 Å². The van der Waals surface area contributed by atoms with E-state index in [2.05, 4.69) is 0 Å². The molecule has 0 aromatic heterocycles. The minimum atomic E-state index is -3.75. The summed E-state index contributed by atoms with van der Waals surface area (Å²) in [6.45, 7) is 0.286. The van der Waals surface area contributed by atoms with Crippen LogP contribution in [0.1, 0.15) is 0 Å². The lowest BCUT2D eigenvalue weighted by molar-refractivity contribution is 0.287. The molecular weight excluding hydrogens is 381 g/mol. The third-order valence-electron chi connectivity index (χ3n) is 3.08.